The molecule has 0 aliphatic carbocycles. The van der Waals surface area contributed by atoms with Crippen molar-refractivity contribution in [3.8, 4) is 5.75 Å². The van der Waals surface area contributed by atoms with Crippen LogP contribution in [-0.4, -0.2) is 188 Å². The predicted molar refractivity (Wildman–Crippen MR) is 318 cm³/mol. The van der Waals surface area contributed by atoms with Gasteiger partial charge in [-0.2, -0.15) is 24.4 Å². The number of carboxylic acid groups (broad SMARTS) is 1. The normalized spacial score (nSPS) is 14.8. The summed E-state index contributed by atoms with van der Waals surface area (Å²) >= 11 is 5.51. The maximum atomic E-state index is 14.6. The Morgan fingerprint density at radius 1 is 0.643 bits per heavy atom. The zero-order valence-electron chi connectivity index (χ0n) is 47.8. The second-order valence-corrected chi connectivity index (χ2v) is 22.0. The number of hydrogen-bond acceptors (Lipinski definition) is 17. The van der Waals surface area contributed by atoms with Gasteiger partial charge in [-0.1, -0.05) is 58.0 Å². The average Bonchev–Trinajstić information content (AvgIpc) is 4.08. The highest BCUT2D eigenvalue weighted by molar-refractivity contribution is 7.98. The molecular formula is C54H82N14O14S2. The predicted octanol–water partition coefficient (Wildman–Crippen LogP) is -3.12. The highest BCUT2D eigenvalue weighted by Gasteiger charge is 2.37. The molecule has 3 rings (SSSR count). The number of carbonyl (C=O) groups excluding carboxylic acids is 9. The molecule has 2 aromatic carbocycles. The Hall–Kier alpha value is -7.67. The van der Waals surface area contributed by atoms with Gasteiger partial charge in [-0.05, 0) is 85.8 Å². The first-order chi connectivity index (χ1) is 39.7. The number of phenols is 1. The molecule has 0 aliphatic rings. The van der Waals surface area contributed by atoms with Gasteiger partial charge in [0.1, 0.15) is 54.1 Å². The van der Waals surface area contributed by atoms with E-state index in [0.717, 1.165) is 6.92 Å². The van der Waals surface area contributed by atoms with Crippen molar-refractivity contribution in [2.24, 2.45) is 34.0 Å². The van der Waals surface area contributed by atoms with Gasteiger partial charge in [-0.15, -0.1) is 0 Å². The van der Waals surface area contributed by atoms with Gasteiger partial charge >= 0.3 is 5.97 Å². The Morgan fingerprint density at radius 3 is 1.71 bits per heavy atom. The lowest BCUT2D eigenvalue weighted by atomic mass is 9.98. The molecule has 28 nitrogen and oxygen atoms in total. The summed E-state index contributed by atoms with van der Waals surface area (Å²) < 4.78 is 0. The summed E-state index contributed by atoms with van der Waals surface area (Å²) in [5.74, 6) is -10.5. The van der Waals surface area contributed by atoms with Crippen LogP contribution in [0.15, 0.2) is 59.7 Å². The van der Waals surface area contributed by atoms with Crippen LogP contribution >= 0.6 is 24.4 Å². The number of carboxylic acids is 1. The van der Waals surface area contributed by atoms with Crippen molar-refractivity contribution in [1.82, 2.24) is 52.8 Å². The molecule has 30 heteroatoms. The third kappa shape index (κ3) is 23.2. The number of aliphatic hydroxyl groups excluding tert-OH is 2. The molecule has 0 bridgehead atoms. The summed E-state index contributed by atoms with van der Waals surface area (Å²) in [5, 5.41) is 63.2. The summed E-state index contributed by atoms with van der Waals surface area (Å²) in [4.78, 5) is 144. The standard InChI is InChI=1S/C54H82N14O14S2/c1-27(2)20-37(64-52(80)43(28(3)4)67-49(77)38(21-30-13-15-32(71)16-14-30)62-46(74)36(17-19-84-6)60-42(72)23-55)47(75)61-35(12-9-18-58-54(56)57)45(73)63-39(22-31-24-59-34-11-8-7-10-33(31)34)48(76)65-40(25-69)50(78)66-41(26-83)51(79)68-44(29(5)70)53(81)82/h7-8,10-11,13-16,24,27-29,35-41,43-44,59,69-71,83H,9,12,17-23,25-26,55H2,1-6H3,(H,60,72)(H,61,75)(H,62,74)(H,63,73)(H,64,80)(H,65,76)(H,66,78)(H,67,77)(H,68,79)(H,81,82)(H4,56,57,58)/t29-,35+,36+,37+,38+,39+,40+,41+,43+,44+/m1/s1. The zero-order chi connectivity index (χ0) is 62.8. The molecule has 1 aromatic heterocycles. The van der Waals surface area contributed by atoms with E-state index in [9.17, 15) is 68.4 Å². The molecular weight excluding hydrogens is 1130 g/mol. The first-order valence-electron chi connectivity index (χ1n) is 27.2. The van der Waals surface area contributed by atoms with Crippen LogP contribution in [0.3, 0.4) is 0 Å². The van der Waals surface area contributed by atoms with E-state index in [1.54, 1.807) is 70.3 Å². The third-order valence-electron chi connectivity index (χ3n) is 13.0. The second kappa shape index (κ2) is 35.5. The Kier molecular flexibility index (Phi) is 29.8. The monoisotopic (exact) mass is 1210 g/mol. The lowest BCUT2D eigenvalue weighted by Gasteiger charge is -2.29. The number of H-pyrrole nitrogens is 1. The number of phenolic OH excluding ortho intramolecular Hbond substituents is 1. The molecule has 1 heterocycles. The van der Waals surface area contributed by atoms with Gasteiger partial charge < -0.3 is 90.5 Å². The number of thioether (sulfide) groups is 1. The van der Waals surface area contributed by atoms with Gasteiger partial charge in [0.25, 0.3) is 0 Å². The van der Waals surface area contributed by atoms with Gasteiger partial charge in [-0.25, -0.2) is 4.79 Å². The lowest BCUT2D eigenvalue weighted by Crippen LogP contribution is -2.62. The number of para-hydroxylation sites is 1. The number of nitrogens with zero attached hydrogens (tertiary/aromatic N) is 1. The number of aliphatic imine (C=N–C) groups is 1. The number of aromatic hydroxyl groups is 1. The van der Waals surface area contributed by atoms with Gasteiger partial charge in [0.15, 0.2) is 12.0 Å². The fourth-order valence-corrected chi connectivity index (χ4v) is 9.21. The summed E-state index contributed by atoms with van der Waals surface area (Å²) in [6.45, 7) is 6.53. The van der Waals surface area contributed by atoms with Gasteiger partial charge in [0, 0.05) is 42.2 Å². The number of nitrogens with two attached hydrogens (primary N) is 3. The zero-order valence-corrected chi connectivity index (χ0v) is 49.5. The van der Waals surface area contributed by atoms with Crippen molar-refractivity contribution in [3.63, 3.8) is 0 Å². The van der Waals surface area contributed by atoms with Crippen LogP contribution in [-0.2, 0) is 60.8 Å². The summed E-state index contributed by atoms with van der Waals surface area (Å²) in [6, 6.07) is -0.189. The molecule has 10 atom stereocenters. The van der Waals surface area contributed by atoms with E-state index in [1.165, 1.54) is 23.9 Å². The van der Waals surface area contributed by atoms with Gasteiger partial charge in [0.2, 0.25) is 53.2 Å². The number of aliphatic hydroxyl groups is 2. The van der Waals surface area contributed by atoms with Crippen molar-refractivity contribution in [2.45, 2.75) is 134 Å². The number of thiol groups is 1. The highest BCUT2D eigenvalue weighted by atomic mass is 32.2. The third-order valence-corrected chi connectivity index (χ3v) is 14.0. The minimum atomic E-state index is -1.76. The average molecular weight is 1220 g/mol. The minimum Gasteiger partial charge on any atom is -0.508 e. The maximum absolute atomic E-state index is 14.6. The number of fused-ring (bicyclic) bond motifs is 1. The smallest absolute Gasteiger partial charge is 0.328 e. The van der Waals surface area contributed by atoms with Crippen LogP contribution in [0.2, 0.25) is 0 Å². The quantitative estimate of drug-likeness (QED) is 0.0118. The Morgan fingerprint density at radius 2 is 1.15 bits per heavy atom. The largest absolute Gasteiger partial charge is 0.508 e. The van der Waals surface area contributed by atoms with Crippen molar-refractivity contribution < 1.29 is 68.4 Å². The van der Waals surface area contributed by atoms with E-state index in [0.29, 0.717) is 27.8 Å². The van der Waals surface area contributed by atoms with Crippen molar-refractivity contribution in [2.75, 3.05) is 37.5 Å². The Labute approximate surface area is 496 Å². The summed E-state index contributed by atoms with van der Waals surface area (Å²) in [5.41, 5.74) is 18.4. The van der Waals surface area contributed by atoms with Crippen LogP contribution in [0.5, 0.6) is 5.75 Å². The molecule has 9 amide bonds. The van der Waals surface area contributed by atoms with Crippen LogP contribution in [0.25, 0.3) is 10.9 Å². The molecule has 0 fully saturated rings. The molecule has 464 valence electrons. The molecule has 0 unspecified atom stereocenters. The number of aromatic amines is 1. The van der Waals surface area contributed by atoms with E-state index in [-0.39, 0.29) is 68.4 Å². The summed E-state index contributed by atoms with van der Waals surface area (Å²) in [7, 11) is 0. The molecule has 3 aromatic rings. The number of guanidine groups is 1. The number of hydrogen-bond donors (Lipinski definition) is 18. The highest BCUT2D eigenvalue weighted by Crippen LogP contribution is 2.20. The number of amides is 9. The first kappa shape index (κ1) is 70.6. The lowest BCUT2D eigenvalue weighted by molar-refractivity contribution is -0.145. The van der Waals surface area contributed by atoms with Crippen LogP contribution in [0.1, 0.15) is 71.4 Å². The Bertz CT molecular complexity index is 2740. The van der Waals surface area contributed by atoms with E-state index < -0.39 is 139 Å². The van der Waals surface area contributed by atoms with Gasteiger partial charge in [0.05, 0.1) is 19.3 Å². The summed E-state index contributed by atoms with van der Waals surface area (Å²) in [6.07, 6.45) is 1.70. The number of aromatic nitrogens is 1. The number of nitrogens with one attached hydrogen (secondary N) is 10. The topological polar surface area (TPSA) is 466 Å². The molecule has 0 saturated heterocycles. The fourth-order valence-electron chi connectivity index (χ4n) is 8.48. The minimum absolute atomic E-state index is 0.00720. The van der Waals surface area contributed by atoms with Crippen LogP contribution in [0, 0.1) is 11.8 Å². The molecule has 0 saturated carbocycles. The van der Waals surface area contributed by atoms with Crippen LogP contribution < -0.4 is 65.1 Å². The molecule has 0 aliphatic heterocycles. The van der Waals surface area contributed by atoms with E-state index in [2.05, 4.69) is 70.5 Å². The van der Waals surface area contributed by atoms with E-state index in [4.69, 9.17) is 17.2 Å². The molecule has 0 radical (unpaired) electrons. The van der Waals surface area contributed by atoms with Crippen LogP contribution in [0.4, 0.5) is 0 Å². The van der Waals surface area contributed by atoms with E-state index in [1.807, 2.05) is 6.26 Å². The second-order valence-electron chi connectivity index (χ2n) is 20.6. The maximum Gasteiger partial charge on any atom is 0.328 e. The number of carbonyl (C=O) groups is 10. The van der Waals surface area contributed by atoms with Crippen molar-refractivity contribution >= 4 is 100 Å². The fraction of sp³-hybridized carbons (Fsp3) is 0.537. The van der Waals surface area contributed by atoms with E-state index >= 15 is 0 Å². The number of benzene rings is 2. The SMILES string of the molecule is CSCC[C@H](NC(=O)CN)C(=O)N[C@@H](Cc1ccc(O)cc1)C(=O)N[C@H](C(=O)N[C@@H](CC(C)C)C(=O)N[C@@H](CCCN=C(N)N)C(=O)N[C@@H](Cc1c[nH]c2ccccc12)C(=O)N[C@@H](CO)C(=O)N[C@@H](CS)C(=O)N[C@H](C(=O)O)[C@@H](C)O)C(C)C. The number of rotatable bonds is 36. The molecule has 0 spiro atoms. The van der Waals surface area contributed by atoms with Crippen molar-refractivity contribution in [3.05, 3.63) is 65.9 Å². The first-order valence-corrected chi connectivity index (χ1v) is 29.2. The molecule has 84 heavy (non-hydrogen) atoms. The van der Waals surface area contributed by atoms with Gasteiger partial charge in [-0.3, -0.25) is 48.1 Å². The Balaban J connectivity index is 1.98. The number of aliphatic carboxylic acids is 1. The molecule has 20 N–H and O–H groups in total. The van der Waals surface area contributed by atoms with Crippen molar-refractivity contribution in [1.29, 1.82) is 0 Å².